The molecular weight excluding hydrogens is 448 g/mol. The summed E-state index contributed by atoms with van der Waals surface area (Å²) < 4.78 is 39.1. The topological polar surface area (TPSA) is 76.2 Å². The van der Waals surface area contributed by atoms with Gasteiger partial charge in [0.15, 0.2) is 0 Å². The predicted octanol–water partition coefficient (Wildman–Crippen LogP) is 2.26. The zero-order chi connectivity index (χ0) is 20.1. The lowest BCUT2D eigenvalue weighted by atomic mass is 10.1. The Labute approximate surface area is 175 Å². The van der Waals surface area contributed by atoms with E-state index in [0.29, 0.717) is 19.7 Å². The highest BCUT2D eigenvalue weighted by Crippen LogP contribution is 2.21. The summed E-state index contributed by atoms with van der Waals surface area (Å²) in [6.07, 6.45) is 2.69. The van der Waals surface area contributed by atoms with Crippen molar-refractivity contribution in [3.05, 3.63) is 28.7 Å². The van der Waals surface area contributed by atoms with E-state index in [-0.39, 0.29) is 30.0 Å². The molecule has 0 radical (unpaired) electrons. The maximum atomic E-state index is 12.8. The Kier molecular flexibility index (Phi) is 7.49. The minimum Gasteiger partial charge on any atom is -0.376 e. The molecule has 2 aliphatic heterocycles. The summed E-state index contributed by atoms with van der Waals surface area (Å²) in [5, 5.41) is 0. The van der Waals surface area contributed by atoms with Crippen LogP contribution in [0, 0.1) is 0 Å². The van der Waals surface area contributed by atoms with Gasteiger partial charge in [-0.3, -0.25) is 4.79 Å². The first-order valence-corrected chi connectivity index (χ1v) is 11.9. The van der Waals surface area contributed by atoms with E-state index < -0.39 is 16.1 Å². The normalized spacial score (nSPS) is 22.8. The van der Waals surface area contributed by atoms with E-state index in [1.807, 2.05) is 0 Å². The third kappa shape index (κ3) is 5.33. The minimum absolute atomic E-state index is 0.0659. The van der Waals surface area contributed by atoms with Gasteiger partial charge in [-0.2, -0.15) is 4.31 Å². The van der Waals surface area contributed by atoms with Crippen LogP contribution in [0.2, 0.25) is 0 Å². The fourth-order valence-electron chi connectivity index (χ4n) is 3.44. The van der Waals surface area contributed by atoms with Crippen LogP contribution in [0.1, 0.15) is 26.2 Å². The van der Waals surface area contributed by atoms with E-state index >= 15 is 0 Å². The number of carbonyl (C=O) groups excluding carboxylic acids is 1. The average Bonchev–Trinajstić information content (AvgIpc) is 2.72. The summed E-state index contributed by atoms with van der Waals surface area (Å²) in [5.41, 5.74) is 0. The number of sulfonamides is 1. The molecule has 2 saturated heterocycles. The van der Waals surface area contributed by atoms with Crippen molar-refractivity contribution in [3.63, 3.8) is 0 Å². The number of hydrogen-bond acceptors (Lipinski definition) is 5. The van der Waals surface area contributed by atoms with Crippen molar-refractivity contribution in [2.45, 2.75) is 43.3 Å². The van der Waals surface area contributed by atoms with E-state index in [4.69, 9.17) is 9.47 Å². The Morgan fingerprint density at radius 1 is 1.29 bits per heavy atom. The largest absolute Gasteiger partial charge is 0.376 e. The van der Waals surface area contributed by atoms with Crippen LogP contribution in [-0.2, 0) is 24.3 Å². The Hall–Kier alpha value is -1.00. The molecule has 2 fully saturated rings. The molecular formula is C19H27BrN2O5S. The van der Waals surface area contributed by atoms with Gasteiger partial charge in [-0.25, -0.2) is 8.42 Å². The van der Waals surface area contributed by atoms with Crippen LogP contribution in [0.3, 0.4) is 0 Å². The summed E-state index contributed by atoms with van der Waals surface area (Å²) in [6, 6.07) is 6.66. The quantitative estimate of drug-likeness (QED) is 0.631. The molecule has 1 aromatic rings. The van der Waals surface area contributed by atoms with E-state index in [9.17, 15) is 13.2 Å². The number of ether oxygens (including phenoxy) is 2. The van der Waals surface area contributed by atoms with E-state index in [1.54, 1.807) is 36.1 Å². The van der Waals surface area contributed by atoms with Crippen LogP contribution in [0.5, 0.6) is 0 Å². The Morgan fingerprint density at radius 3 is 2.68 bits per heavy atom. The molecule has 0 spiro atoms. The van der Waals surface area contributed by atoms with Crippen LogP contribution in [-0.4, -0.2) is 75.1 Å². The molecule has 0 aliphatic carbocycles. The smallest absolute Gasteiger partial charge is 0.251 e. The van der Waals surface area contributed by atoms with Gasteiger partial charge in [-0.05, 0) is 44.4 Å². The fourth-order valence-corrected chi connectivity index (χ4v) is 5.46. The zero-order valence-electron chi connectivity index (χ0n) is 16.0. The highest BCUT2D eigenvalue weighted by atomic mass is 79.9. The Balaban J connectivity index is 1.50. The molecule has 0 aromatic heterocycles. The molecule has 3 rings (SSSR count). The molecule has 2 aliphatic rings. The number of halogens is 1. The number of carbonyl (C=O) groups is 1. The van der Waals surface area contributed by atoms with Gasteiger partial charge in [0.05, 0.1) is 17.6 Å². The SMILES string of the molecule is CC(OCC1CCCCO1)C(=O)N1CCN(S(=O)(=O)c2cccc(Br)c2)CC1. The highest BCUT2D eigenvalue weighted by molar-refractivity contribution is 9.10. The predicted molar refractivity (Wildman–Crippen MR) is 108 cm³/mol. The Morgan fingerprint density at radius 2 is 2.04 bits per heavy atom. The summed E-state index contributed by atoms with van der Waals surface area (Å²) in [6.45, 7) is 4.20. The minimum atomic E-state index is -3.56. The molecule has 9 heteroatoms. The molecule has 1 amide bonds. The lowest BCUT2D eigenvalue weighted by Gasteiger charge is -2.35. The lowest BCUT2D eigenvalue weighted by Crippen LogP contribution is -2.52. The van der Waals surface area contributed by atoms with Crippen LogP contribution in [0.25, 0.3) is 0 Å². The number of piperazine rings is 1. The van der Waals surface area contributed by atoms with Gasteiger partial charge in [0.2, 0.25) is 10.0 Å². The van der Waals surface area contributed by atoms with Gasteiger partial charge >= 0.3 is 0 Å². The maximum Gasteiger partial charge on any atom is 0.251 e. The van der Waals surface area contributed by atoms with Crippen molar-refractivity contribution in [2.24, 2.45) is 0 Å². The zero-order valence-corrected chi connectivity index (χ0v) is 18.5. The first-order valence-electron chi connectivity index (χ1n) is 9.65. The molecule has 0 saturated carbocycles. The van der Waals surface area contributed by atoms with Crippen molar-refractivity contribution in [3.8, 4) is 0 Å². The molecule has 2 unspecified atom stereocenters. The van der Waals surface area contributed by atoms with Crippen molar-refractivity contribution in [1.29, 1.82) is 0 Å². The van der Waals surface area contributed by atoms with Crippen LogP contribution in [0.4, 0.5) is 0 Å². The third-order valence-corrected chi connectivity index (χ3v) is 7.53. The second-order valence-corrected chi connectivity index (χ2v) is 10.0. The van der Waals surface area contributed by atoms with Crippen molar-refractivity contribution in [2.75, 3.05) is 39.4 Å². The van der Waals surface area contributed by atoms with Gasteiger partial charge in [-0.1, -0.05) is 22.0 Å². The van der Waals surface area contributed by atoms with Crippen LogP contribution < -0.4 is 0 Å². The van der Waals surface area contributed by atoms with Gasteiger partial charge in [0, 0.05) is 37.3 Å². The molecule has 1 aromatic carbocycles. The summed E-state index contributed by atoms with van der Waals surface area (Å²) in [4.78, 5) is 14.6. The van der Waals surface area contributed by atoms with Gasteiger partial charge in [0.25, 0.3) is 5.91 Å². The fraction of sp³-hybridized carbons (Fsp3) is 0.632. The first-order chi connectivity index (χ1) is 13.4. The number of rotatable bonds is 6. The summed E-state index contributed by atoms with van der Waals surface area (Å²) >= 11 is 3.31. The molecule has 0 N–H and O–H groups in total. The van der Waals surface area contributed by atoms with Gasteiger partial charge in [0.1, 0.15) is 6.10 Å². The second-order valence-electron chi connectivity index (χ2n) is 7.15. The molecule has 7 nitrogen and oxygen atoms in total. The summed E-state index contributed by atoms with van der Waals surface area (Å²) in [5.74, 6) is -0.102. The molecule has 156 valence electrons. The van der Waals surface area contributed by atoms with E-state index in [1.165, 1.54) is 4.31 Å². The molecule has 2 atom stereocenters. The number of amides is 1. The number of hydrogen-bond donors (Lipinski definition) is 0. The highest BCUT2D eigenvalue weighted by Gasteiger charge is 2.32. The van der Waals surface area contributed by atoms with Crippen LogP contribution in [0.15, 0.2) is 33.6 Å². The standard InChI is InChI=1S/C19H27BrN2O5S/c1-15(27-14-17-6-2-3-12-26-17)19(23)21-8-10-22(11-9-21)28(24,25)18-7-4-5-16(20)13-18/h4-5,7,13,15,17H,2-3,6,8-12,14H2,1H3. The van der Waals surface area contributed by atoms with Gasteiger partial charge < -0.3 is 14.4 Å². The van der Waals surface area contributed by atoms with Crippen molar-refractivity contribution in [1.82, 2.24) is 9.21 Å². The number of nitrogens with zero attached hydrogens (tertiary/aromatic N) is 2. The molecule has 28 heavy (non-hydrogen) atoms. The van der Waals surface area contributed by atoms with E-state index in [0.717, 1.165) is 30.3 Å². The molecule has 2 heterocycles. The maximum absolute atomic E-state index is 12.8. The lowest BCUT2D eigenvalue weighted by molar-refractivity contribution is -0.147. The van der Waals surface area contributed by atoms with Crippen LogP contribution >= 0.6 is 15.9 Å². The van der Waals surface area contributed by atoms with Gasteiger partial charge in [-0.15, -0.1) is 0 Å². The summed E-state index contributed by atoms with van der Waals surface area (Å²) in [7, 11) is -3.56. The Bertz CT molecular complexity index is 774. The van der Waals surface area contributed by atoms with E-state index in [2.05, 4.69) is 15.9 Å². The van der Waals surface area contributed by atoms with Crippen molar-refractivity contribution < 1.29 is 22.7 Å². The molecule has 0 bridgehead atoms. The monoisotopic (exact) mass is 474 g/mol. The second kappa shape index (κ2) is 9.67. The first kappa shape index (κ1) is 21.7. The average molecular weight is 475 g/mol. The van der Waals surface area contributed by atoms with Crippen molar-refractivity contribution >= 4 is 31.9 Å². The third-order valence-electron chi connectivity index (χ3n) is 5.14. The number of benzene rings is 1.